The van der Waals surface area contributed by atoms with Crippen LogP contribution in [0, 0.1) is 11.8 Å². The summed E-state index contributed by atoms with van der Waals surface area (Å²) in [6, 6.07) is -3.40. The SMILES string of the molecule is CC(C)CC(NC(=O)CC(O)C(CC1CCCCC1)NC(O)C(Cc1cnc[nH]1)N(C)C(=O)C(CC1=CC=CCC1)NC(=O)OC(C)(C)C)C(=O)NCC1=CCCC(C[N+](C)(C)C)=C1. The minimum absolute atomic E-state index is 0.114. The summed E-state index contributed by atoms with van der Waals surface area (Å²) >= 11 is 0. The lowest BCUT2D eigenvalue weighted by molar-refractivity contribution is -0.865. The molecule has 0 bridgehead atoms. The van der Waals surface area contributed by atoms with E-state index in [4.69, 9.17) is 4.74 Å². The monoisotopic (exact) mass is 894 g/mol. The van der Waals surface area contributed by atoms with Gasteiger partial charge >= 0.3 is 6.09 Å². The highest BCUT2D eigenvalue weighted by molar-refractivity contribution is 5.88. The molecule has 3 aliphatic carbocycles. The number of likely N-dealkylation sites (N-methyl/N-ethyl adjacent to an activating group) is 2. The van der Waals surface area contributed by atoms with Crippen LogP contribution in [-0.4, -0.2) is 137 Å². The number of nitrogens with zero attached hydrogens (tertiary/aromatic N) is 3. The van der Waals surface area contributed by atoms with Crippen molar-refractivity contribution in [3.05, 3.63) is 65.3 Å². The maximum Gasteiger partial charge on any atom is 0.408 e. The van der Waals surface area contributed by atoms with E-state index in [0.29, 0.717) is 25.1 Å². The molecule has 1 fully saturated rings. The number of aromatic nitrogens is 2. The number of nitrogens with one attached hydrogen (secondary N) is 5. The zero-order valence-corrected chi connectivity index (χ0v) is 40.3. The Morgan fingerprint density at radius 3 is 2.33 bits per heavy atom. The predicted octanol–water partition coefficient (Wildman–Crippen LogP) is 5.34. The van der Waals surface area contributed by atoms with Crippen LogP contribution in [0.3, 0.4) is 0 Å². The number of amides is 4. The molecular weight excluding hydrogens is 813 g/mol. The van der Waals surface area contributed by atoms with Crippen LogP contribution in [0.2, 0.25) is 0 Å². The molecule has 64 heavy (non-hydrogen) atoms. The first-order valence-corrected chi connectivity index (χ1v) is 23.6. The normalized spacial score (nSPS) is 19.0. The lowest BCUT2D eigenvalue weighted by Gasteiger charge is -2.38. The van der Waals surface area contributed by atoms with Crippen molar-refractivity contribution in [1.82, 2.24) is 36.1 Å². The van der Waals surface area contributed by atoms with Gasteiger partial charge in [-0.05, 0) is 88.7 Å². The van der Waals surface area contributed by atoms with Gasteiger partial charge in [0.25, 0.3) is 0 Å². The van der Waals surface area contributed by atoms with Gasteiger partial charge in [0.1, 0.15) is 30.5 Å². The standard InChI is InChI=1S/C49H80N8O7/c1-33(2)23-40(45(60)51-29-36-21-16-22-37(24-36)31-57(7,8)9)53-44(59)28-43(58)39(25-34-17-12-10-13-18-34)54-46(61)42(27-38-30-50-32-52-38)56(6)47(62)41(26-35-19-14-11-15-20-35)55-48(63)64-49(3,4)5/h11,14,19,21,24,30,32-34,39-43,46,54,58,61H,10,12-13,15-18,20,22-23,25-29,31H2,1-9H3,(H3-,50,51,52,53,55,59,60,63)/p+1. The summed E-state index contributed by atoms with van der Waals surface area (Å²) in [5, 5.41) is 36.1. The smallest absolute Gasteiger partial charge is 0.408 e. The summed E-state index contributed by atoms with van der Waals surface area (Å²) in [6.45, 7) is 10.6. The summed E-state index contributed by atoms with van der Waals surface area (Å²) in [5.74, 6) is -0.799. The van der Waals surface area contributed by atoms with Crippen molar-refractivity contribution < 1.29 is 38.6 Å². The topological polar surface area (TPSA) is 198 Å². The van der Waals surface area contributed by atoms with Crippen molar-refractivity contribution in [2.45, 2.75) is 167 Å². The van der Waals surface area contributed by atoms with Gasteiger partial charge < -0.3 is 45.3 Å². The van der Waals surface area contributed by atoms with Crippen LogP contribution >= 0.6 is 0 Å². The van der Waals surface area contributed by atoms with Crippen molar-refractivity contribution in [3.8, 4) is 0 Å². The van der Waals surface area contributed by atoms with Crippen molar-refractivity contribution in [3.63, 3.8) is 0 Å². The highest BCUT2D eigenvalue weighted by Crippen LogP contribution is 2.29. The fraction of sp³-hybridized carbons (Fsp3) is 0.694. The van der Waals surface area contributed by atoms with Gasteiger partial charge in [-0.3, -0.25) is 19.7 Å². The third-order valence-corrected chi connectivity index (χ3v) is 12.1. The maximum atomic E-state index is 14.5. The zero-order valence-electron chi connectivity index (χ0n) is 40.3. The third-order valence-electron chi connectivity index (χ3n) is 12.1. The largest absolute Gasteiger partial charge is 0.444 e. The van der Waals surface area contributed by atoms with Gasteiger partial charge in [-0.15, -0.1) is 0 Å². The Balaban J connectivity index is 1.51. The summed E-state index contributed by atoms with van der Waals surface area (Å²) < 4.78 is 6.38. The molecule has 7 N–H and O–H groups in total. The highest BCUT2D eigenvalue weighted by atomic mass is 16.6. The summed E-state index contributed by atoms with van der Waals surface area (Å²) in [5.41, 5.74) is 3.28. The van der Waals surface area contributed by atoms with E-state index in [9.17, 15) is 29.4 Å². The van der Waals surface area contributed by atoms with Crippen molar-refractivity contribution in [1.29, 1.82) is 0 Å². The molecule has 1 heterocycles. The number of carbonyl (C=O) groups excluding carboxylic acids is 4. The number of hydrogen-bond acceptors (Lipinski definition) is 9. The van der Waals surface area contributed by atoms with E-state index >= 15 is 0 Å². The molecule has 15 nitrogen and oxygen atoms in total. The number of alkyl carbamates (subject to hydrolysis) is 1. The Morgan fingerprint density at radius 1 is 0.984 bits per heavy atom. The number of aliphatic hydroxyl groups is 2. The Morgan fingerprint density at radius 2 is 1.70 bits per heavy atom. The Labute approximate surface area is 382 Å². The molecule has 4 amide bonds. The number of quaternary nitrogens is 1. The van der Waals surface area contributed by atoms with Crippen LogP contribution in [0.5, 0.6) is 0 Å². The van der Waals surface area contributed by atoms with Crippen LogP contribution in [0.25, 0.3) is 0 Å². The van der Waals surface area contributed by atoms with E-state index in [0.717, 1.165) is 80.0 Å². The van der Waals surface area contributed by atoms with Crippen LogP contribution in [0.4, 0.5) is 4.79 Å². The van der Waals surface area contributed by atoms with Crippen LogP contribution in [0.15, 0.2) is 59.6 Å². The van der Waals surface area contributed by atoms with Gasteiger partial charge in [0.05, 0.1) is 46.0 Å². The number of rotatable bonds is 23. The molecule has 0 saturated heterocycles. The van der Waals surface area contributed by atoms with Crippen LogP contribution < -0.4 is 21.3 Å². The number of H-pyrrole nitrogens is 1. The van der Waals surface area contributed by atoms with Gasteiger partial charge in [0.15, 0.2) is 0 Å². The molecule has 0 radical (unpaired) electrons. The fourth-order valence-electron chi connectivity index (χ4n) is 8.97. The van der Waals surface area contributed by atoms with E-state index in [1.165, 1.54) is 16.8 Å². The molecule has 6 atom stereocenters. The quantitative estimate of drug-likeness (QED) is 0.0561. The van der Waals surface area contributed by atoms with E-state index in [-0.39, 0.29) is 37.0 Å². The third kappa shape index (κ3) is 18.7. The number of aliphatic hydroxyl groups excluding tert-OH is 2. The van der Waals surface area contributed by atoms with E-state index in [1.807, 2.05) is 26.0 Å². The van der Waals surface area contributed by atoms with Crippen LogP contribution in [0.1, 0.15) is 124 Å². The summed E-state index contributed by atoms with van der Waals surface area (Å²) in [7, 11) is 8.08. The van der Waals surface area contributed by atoms with Gasteiger partial charge in [0.2, 0.25) is 17.7 Å². The second-order valence-electron chi connectivity index (χ2n) is 20.8. The maximum absolute atomic E-state index is 14.5. The molecule has 6 unspecified atom stereocenters. The molecule has 3 aliphatic rings. The highest BCUT2D eigenvalue weighted by Gasteiger charge is 2.37. The molecule has 1 saturated carbocycles. The van der Waals surface area contributed by atoms with E-state index in [2.05, 4.69) is 70.6 Å². The second kappa shape index (κ2) is 24.8. The lowest BCUT2D eigenvalue weighted by atomic mass is 9.83. The Kier molecular flexibility index (Phi) is 20.3. The van der Waals surface area contributed by atoms with E-state index in [1.54, 1.807) is 34.0 Å². The number of allylic oxidation sites excluding steroid dienone is 4. The Hall–Kier alpha value is -4.31. The summed E-state index contributed by atoms with van der Waals surface area (Å²) in [6.07, 6.45) is 19.8. The van der Waals surface area contributed by atoms with Gasteiger partial charge in [-0.1, -0.05) is 81.9 Å². The minimum atomic E-state index is -1.37. The van der Waals surface area contributed by atoms with E-state index < -0.39 is 60.0 Å². The summed E-state index contributed by atoms with van der Waals surface area (Å²) in [4.78, 5) is 63.7. The van der Waals surface area contributed by atoms with Gasteiger partial charge in [0, 0.05) is 37.9 Å². The second-order valence-corrected chi connectivity index (χ2v) is 20.8. The number of ether oxygens (including phenoxy) is 1. The number of hydrogen-bond donors (Lipinski definition) is 7. The number of imidazole rings is 1. The average molecular weight is 894 g/mol. The first-order valence-electron chi connectivity index (χ1n) is 23.6. The molecular formula is C49H81N8O7+. The molecule has 0 aromatic carbocycles. The molecule has 15 heteroatoms. The minimum Gasteiger partial charge on any atom is -0.444 e. The van der Waals surface area contributed by atoms with Crippen molar-refractivity contribution >= 4 is 23.8 Å². The Bertz CT molecular complexity index is 1790. The predicted molar refractivity (Wildman–Crippen MR) is 251 cm³/mol. The first-order chi connectivity index (χ1) is 30.2. The molecule has 4 rings (SSSR count). The number of carbonyl (C=O) groups is 4. The zero-order chi connectivity index (χ0) is 47.0. The first kappa shape index (κ1) is 52.3. The van der Waals surface area contributed by atoms with Crippen molar-refractivity contribution in [2.24, 2.45) is 11.8 Å². The molecule has 1 aromatic heterocycles. The number of aromatic amines is 1. The molecule has 0 aliphatic heterocycles. The average Bonchev–Trinajstić information content (AvgIpc) is 3.73. The molecule has 1 aromatic rings. The molecule has 0 spiro atoms. The molecule has 358 valence electrons. The van der Waals surface area contributed by atoms with Crippen LogP contribution in [-0.2, 0) is 25.5 Å². The lowest BCUT2D eigenvalue weighted by Crippen LogP contribution is -2.60. The van der Waals surface area contributed by atoms with Crippen molar-refractivity contribution in [2.75, 3.05) is 41.3 Å². The van der Waals surface area contributed by atoms with Gasteiger partial charge in [-0.25, -0.2) is 9.78 Å². The van der Waals surface area contributed by atoms with Gasteiger partial charge in [-0.2, -0.15) is 0 Å². The fourth-order valence-corrected chi connectivity index (χ4v) is 8.97.